The topological polar surface area (TPSA) is 40.5 Å². The number of benzene rings is 1. The Morgan fingerprint density at radius 1 is 1.47 bits per heavy atom. The lowest BCUT2D eigenvalue weighted by atomic mass is 10.1. The van der Waals surface area contributed by atoms with Crippen LogP contribution in [0.5, 0.6) is 0 Å². The first-order valence-electron chi connectivity index (χ1n) is 5.25. The molecule has 0 atom stereocenters. The van der Waals surface area contributed by atoms with E-state index in [0.717, 1.165) is 12.3 Å². The van der Waals surface area contributed by atoms with E-state index in [0.29, 0.717) is 11.3 Å². The van der Waals surface area contributed by atoms with Crippen molar-refractivity contribution in [3.05, 3.63) is 35.1 Å². The first-order valence-corrected chi connectivity index (χ1v) is 6.40. The normalized spacial score (nSPS) is 10.8. The number of hydrogen-bond acceptors (Lipinski definition) is 3. The molecule has 0 aliphatic heterocycles. The van der Waals surface area contributed by atoms with Gasteiger partial charge in [0.2, 0.25) is 0 Å². The predicted molar refractivity (Wildman–Crippen MR) is 68.1 cm³/mol. The Labute approximate surface area is 105 Å². The Bertz CT molecular complexity index is 396. The first-order chi connectivity index (χ1) is 8.00. The molecule has 1 N–H and O–H groups in total. The van der Waals surface area contributed by atoms with Crippen molar-refractivity contribution in [2.45, 2.75) is 5.75 Å². The smallest absolute Gasteiger partial charge is 0.335 e. The molecule has 0 heterocycles. The number of nitrogens with zero attached hydrogens (tertiary/aromatic N) is 1. The Morgan fingerprint density at radius 2 is 2.18 bits per heavy atom. The van der Waals surface area contributed by atoms with Crippen molar-refractivity contribution in [1.82, 2.24) is 4.90 Å². The van der Waals surface area contributed by atoms with E-state index in [1.54, 1.807) is 11.8 Å². The summed E-state index contributed by atoms with van der Waals surface area (Å²) in [5, 5.41) is 8.81. The van der Waals surface area contributed by atoms with Gasteiger partial charge in [0, 0.05) is 18.1 Å². The molecule has 0 spiro atoms. The minimum absolute atomic E-state index is 0.134. The molecule has 0 bridgehead atoms. The summed E-state index contributed by atoms with van der Waals surface area (Å²) in [7, 11) is 3.96. The van der Waals surface area contributed by atoms with Gasteiger partial charge in [-0.2, -0.15) is 11.8 Å². The van der Waals surface area contributed by atoms with Gasteiger partial charge in [0.25, 0.3) is 0 Å². The zero-order chi connectivity index (χ0) is 12.8. The molecule has 94 valence electrons. The number of carbonyl (C=O) groups is 1. The minimum Gasteiger partial charge on any atom is -0.478 e. The van der Waals surface area contributed by atoms with Crippen LogP contribution >= 0.6 is 11.8 Å². The van der Waals surface area contributed by atoms with Crippen molar-refractivity contribution in [2.75, 3.05) is 26.4 Å². The van der Waals surface area contributed by atoms with Gasteiger partial charge in [-0.05, 0) is 37.9 Å². The van der Waals surface area contributed by atoms with Crippen LogP contribution in [0.1, 0.15) is 15.9 Å². The van der Waals surface area contributed by atoms with Crippen molar-refractivity contribution in [2.24, 2.45) is 0 Å². The maximum Gasteiger partial charge on any atom is 0.335 e. The van der Waals surface area contributed by atoms with E-state index < -0.39 is 5.97 Å². The number of aromatic carboxylic acids is 1. The highest BCUT2D eigenvalue weighted by Crippen LogP contribution is 2.17. The van der Waals surface area contributed by atoms with Crippen molar-refractivity contribution in [3.63, 3.8) is 0 Å². The highest BCUT2D eigenvalue weighted by atomic mass is 32.2. The van der Waals surface area contributed by atoms with Gasteiger partial charge in [0.05, 0.1) is 5.56 Å². The highest BCUT2D eigenvalue weighted by Gasteiger charge is 2.08. The third-order valence-corrected chi connectivity index (χ3v) is 3.22. The molecule has 0 amide bonds. The zero-order valence-corrected chi connectivity index (χ0v) is 10.8. The third kappa shape index (κ3) is 4.75. The van der Waals surface area contributed by atoms with Crippen LogP contribution in [0.3, 0.4) is 0 Å². The number of hydrogen-bond donors (Lipinski definition) is 1. The quantitative estimate of drug-likeness (QED) is 0.794. The fourth-order valence-corrected chi connectivity index (χ4v) is 2.33. The standard InChI is InChI=1S/C12H16FNO2S/c1-14(2)5-6-17-8-10-7-9(12(15)16)3-4-11(10)13/h3-4,7H,5-6,8H2,1-2H3,(H,15,16). The lowest BCUT2D eigenvalue weighted by Gasteiger charge is -2.09. The second kappa shape index (κ2) is 6.61. The molecule has 17 heavy (non-hydrogen) atoms. The van der Waals surface area contributed by atoms with Gasteiger partial charge in [-0.1, -0.05) is 0 Å². The monoisotopic (exact) mass is 257 g/mol. The average Bonchev–Trinajstić information content (AvgIpc) is 2.25. The predicted octanol–water partition coefficient (Wildman–Crippen LogP) is 2.32. The fourth-order valence-electron chi connectivity index (χ4n) is 1.25. The molecule has 0 aromatic heterocycles. The number of halogens is 1. The lowest BCUT2D eigenvalue weighted by molar-refractivity contribution is 0.0696. The van der Waals surface area contributed by atoms with Crippen molar-refractivity contribution in [1.29, 1.82) is 0 Å². The fraction of sp³-hybridized carbons (Fsp3) is 0.417. The molecule has 5 heteroatoms. The number of carboxylic acid groups (broad SMARTS) is 1. The maximum atomic E-state index is 13.4. The Kier molecular flexibility index (Phi) is 5.44. The van der Waals surface area contributed by atoms with Gasteiger partial charge in [0.15, 0.2) is 0 Å². The summed E-state index contributed by atoms with van der Waals surface area (Å²) in [6.45, 7) is 0.922. The molecular formula is C12H16FNO2S. The van der Waals surface area contributed by atoms with Gasteiger partial charge in [-0.25, -0.2) is 9.18 Å². The second-order valence-electron chi connectivity index (χ2n) is 3.97. The molecule has 3 nitrogen and oxygen atoms in total. The SMILES string of the molecule is CN(C)CCSCc1cc(C(=O)O)ccc1F. The number of carboxylic acids is 1. The van der Waals surface area contributed by atoms with Crippen molar-refractivity contribution >= 4 is 17.7 Å². The Hall–Kier alpha value is -1.07. The summed E-state index contributed by atoms with van der Waals surface area (Å²) < 4.78 is 13.4. The van der Waals surface area contributed by atoms with Crippen LogP contribution in [0.4, 0.5) is 4.39 Å². The molecule has 1 aromatic carbocycles. The molecule has 0 aliphatic carbocycles. The van der Waals surface area contributed by atoms with E-state index >= 15 is 0 Å². The molecule has 0 saturated carbocycles. The lowest BCUT2D eigenvalue weighted by Crippen LogP contribution is -2.14. The van der Waals surface area contributed by atoms with E-state index in [4.69, 9.17) is 5.11 Å². The molecule has 0 aliphatic rings. The van der Waals surface area contributed by atoms with Crippen LogP contribution in [0, 0.1) is 5.82 Å². The van der Waals surface area contributed by atoms with Crippen LogP contribution < -0.4 is 0 Å². The number of rotatable bonds is 6. The van der Waals surface area contributed by atoms with Crippen LogP contribution in [0.25, 0.3) is 0 Å². The zero-order valence-electron chi connectivity index (χ0n) is 9.94. The maximum absolute atomic E-state index is 13.4. The summed E-state index contributed by atoms with van der Waals surface area (Å²) in [6, 6.07) is 3.90. The molecular weight excluding hydrogens is 241 g/mol. The van der Waals surface area contributed by atoms with Crippen LogP contribution in [0.2, 0.25) is 0 Å². The minimum atomic E-state index is -1.02. The van der Waals surface area contributed by atoms with E-state index in [-0.39, 0.29) is 11.4 Å². The van der Waals surface area contributed by atoms with Crippen LogP contribution in [-0.4, -0.2) is 42.4 Å². The molecule has 0 radical (unpaired) electrons. The van der Waals surface area contributed by atoms with Gasteiger partial charge >= 0.3 is 5.97 Å². The van der Waals surface area contributed by atoms with Crippen LogP contribution in [-0.2, 0) is 5.75 Å². The molecule has 1 aromatic rings. The van der Waals surface area contributed by atoms with E-state index in [1.165, 1.54) is 18.2 Å². The highest BCUT2D eigenvalue weighted by molar-refractivity contribution is 7.98. The van der Waals surface area contributed by atoms with Gasteiger partial charge in [-0.3, -0.25) is 0 Å². The summed E-state index contributed by atoms with van der Waals surface area (Å²) in [5.74, 6) is 0.0294. The molecule has 0 saturated heterocycles. The Balaban J connectivity index is 2.57. The van der Waals surface area contributed by atoms with Gasteiger partial charge < -0.3 is 10.0 Å². The molecule has 0 unspecified atom stereocenters. The summed E-state index contributed by atoms with van der Waals surface area (Å²) in [4.78, 5) is 12.8. The summed E-state index contributed by atoms with van der Waals surface area (Å²) in [6.07, 6.45) is 0. The van der Waals surface area contributed by atoms with Gasteiger partial charge in [0.1, 0.15) is 5.82 Å². The summed E-state index contributed by atoms with van der Waals surface area (Å²) >= 11 is 1.59. The van der Waals surface area contributed by atoms with Gasteiger partial charge in [-0.15, -0.1) is 0 Å². The van der Waals surface area contributed by atoms with Crippen LogP contribution in [0.15, 0.2) is 18.2 Å². The van der Waals surface area contributed by atoms with Crippen molar-refractivity contribution in [3.8, 4) is 0 Å². The molecule has 1 rings (SSSR count). The number of thioether (sulfide) groups is 1. The molecule has 0 fully saturated rings. The van der Waals surface area contributed by atoms with E-state index in [2.05, 4.69) is 4.90 Å². The van der Waals surface area contributed by atoms with E-state index in [1.807, 2.05) is 14.1 Å². The Morgan fingerprint density at radius 3 is 2.76 bits per heavy atom. The second-order valence-corrected chi connectivity index (χ2v) is 5.07. The third-order valence-electron chi connectivity index (χ3n) is 2.23. The summed E-state index contributed by atoms with van der Waals surface area (Å²) in [5.41, 5.74) is 0.586. The first kappa shape index (κ1) is 14.0. The van der Waals surface area contributed by atoms with E-state index in [9.17, 15) is 9.18 Å². The van der Waals surface area contributed by atoms with Crippen molar-refractivity contribution < 1.29 is 14.3 Å². The average molecular weight is 257 g/mol. The largest absolute Gasteiger partial charge is 0.478 e.